The number of hydrogen-bond donors (Lipinski definition) is 2. The Morgan fingerprint density at radius 2 is 2.11 bits per heavy atom. The Morgan fingerprint density at radius 3 is 2.67 bits per heavy atom. The van der Waals surface area contributed by atoms with Gasteiger partial charge in [0.05, 0.1) is 6.61 Å². The van der Waals surface area contributed by atoms with Gasteiger partial charge in [-0.05, 0) is 19.0 Å². The fourth-order valence-electron chi connectivity index (χ4n) is 2.07. The minimum Gasteiger partial charge on any atom is -0.384 e. The van der Waals surface area contributed by atoms with E-state index in [2.05, 4.69) is 18.7 Å². The van der Waals surface area contributed by atoms with E-state index in [1.165, 1.54) is 0 Å². The predicted octanol–water partition coefficient (Wildman–Crippen LogP) is 1.83. The predicted molar refractivity (Wildman–Crippen MR) is 74.9 cm³/mol. The van der Waals surface area contributed by atoms with E-state index in [4.69, 9.17) is 15.9 Å². The SMILES string of the molecule is CCN(Cc1ccccc1C(=N)N)C(C)COC. The lowest BCUT2D eigenvalue weighted by Crippen LogP contribution is -2.36. The number of nitrogen functional groups attached to an aromatic ring is 1. The summed E-state index contributed by atoms with van der Waals surface area (Å²) in [6, 6.07) is 8.16. The van der Waals surface area contributed by atoms with Gasteiger partial charge in [-0.15, -0.1) is 0 Å². The van der Waals surface area contributed by atoms with Gasteiger partial charge in [0.2, 0.25) is 0 Å². The van der Waals surface area contributed by atoms with Gasteiger partial charge in [-0.2, -0.15) is 0 Å². The molecule has 3 N–H and O–H groups in total. The normalized spacial score (nSPS) is 12.7. The molecule has 100 valence electrons. The van der Waals surface area contributed by atoms with E-state index < -0.39 is 0 Å². The summed E-state index contributed by atoms with van der Waals surface area (Å²) < 4.78 is 5.19. The van der Waals surface area contributed by atoms with Gasteiger partial charge < -0.3 is 10.5 Å². The first kappa shape index (κ1) is 14.7. The number of nitrogens with one attached hydrogen (secondary N) is 1. The third kappa shape index (κ3) is 3.82. The van der Waals surface area contributed by atoms with E-state index in [0.717, 1.165) is 24.2 Å². The third-order valence-electron chi connectivity index (χ3n) is 3.12. The quantitative estimate of drug-likeness (QED) is 0.572. The molecule has 0 radical (unpaired) electrons. The fraction of sp³-hybridized carbons (Fsp3) is 0.500. The smallest absolute Gasteiger partial charge is 0.123 e. The Hall–Kier alpha value is -1.39. The van der Waals surface area contributed by atoms with Gasteiger partial charge >= 0.3 is 0 Å². The standard InChI is InChI=1S/C14H23N3O/c1-4-17(11(2)10-18-3)9-12-7-5-6-8-13(12)14(15)16/h5-8,11H,4,9-10H2,1-3H3,(H3,15,16). The zero-order chi connectivity index (χ0) is 13.5. The van der Waals surface area contributed by atoms with Crippen LogP contribution in [0.2, 0.25) is 0 Å². The molecule has 0 aliphatic carbocycles. The molecule has 1 atom stereocenters. The highest BCUT2D eigenvalue weighted by Gasteiger charge is 2.14. The molecule has 0 aliphatic rings. The van der Waals surface area contributed by atoms with Crippen molar-refractivity contribution in [2.75, 3.05) is 20.3 Å². The molecule has 1 rings (SSSR count). The summed E-state index contributed by atoms with van der Waals surface area (Å²) in [4.78, 5) is 2.31. The molecule has 0 saturated carbocycles. The van der Waals surface area contributed by atoms with Crippen LogP contribution in [0.3, 0.4) is 0 Å². The number of benzene rings is 1. The summed E-state index contributed by atoms with van der Waals surface area (Å²) in [6.45, 7) is 6.70. The van der Waals surface area contributed by atoms with Crippen molar-refractivity contribution >= 4 is 5.84 Å². The second kappa shape index (κ2) is 7.13. The molecule has 0 spiro atoms. The number of rotatable bonds is 7. The highest BCUT2D eigenvalue weighted by Crippen LogP contribution is 2.13. The second-order valence-corrected chi connectivity index (χ2v) is 4.44. The molecule has 0 fully saturated rings. The van der Waals surface area contributed by atoms with Crippen molar-refractivity contribution in [3.8, 4) is 0 Å². The summed E-state index contributed by atoms with van der Waals surface area (Å²) >= 11 is 0. The zero-order valence-corrected chi connectivity index (χ0v) is 11.4. The highest BCUT2D eigenvalue weighted by atomic mass is 16.5. The molecule has 0 aliphatic heterocycles. The van der Waals surface area contributed by atoms with Crippen molar-refractivity contribution < 1.29 is 4.74 Å². The van der Waals surface area contributed by atoms with Crippen molar-refractivity contribution in [2.45, 2.75) is 26.4 Å². The van der Waals surface area contributed by atoms with Crippen molar-refractivity contribution in [1.29, 1.82) is 5.41 Å². The summed E-state index contributed by atoms with van der Waals surface area (Å²) in [5.74, 6) is 0.126. The third-order valence-corrected chi connectivity index (χ3v) is 3.12. The lowest BCUT2D eigenvalue weighted by molar-refractivity contribution is 0.0982. The molecule has 1 aromatic rings. The number of hydrogen-bond acceptors (Lipinski definition) is 3. The molecule has 1 unspecified atom stereocenters. The number of ether oxygens (including phenoxy) is 1. The molecule has 4 heteroatoms. The van der Waals surface area contributed by atoms with Crippen molar-refractivity contribution in [3.63, 3.8) is 0 Å². The van der Waals surface area contributed by atoms with Crippen LogP contribution in [0.4, 0.5) is 0 Å². The van der Waals surface area contributed by atoms with Crippen molar-refractivity contribution in [3.05, 3.63) is 35.4 Å². The first-order valence-corrected chi connectivity index (χ1v) is 6.25. The zero-order valence-electron chi connectivity index (χ0n) is 11.4. The van der Waals surface area contributed by atoms with Crippen molar-refractivity contribution in [1.82, 2.24) is 4.90 Å². The Kier molecular flexibility index (Phi) is 5.82. The fourth-order valence-corrected chi connectivity index (χ4v) is 2.07. The van der Waals surface area contributed by atoms with Crippen LogP contribution in [-0.2, 0) is 11.3 Å². The van der Waals surface area contributed by atoms with Gasteiger partial charge in [-0.3, -0.25) is 10.3 Å². The van der Waals surface area contributed by atoms with E-state index in [9.17, 15) is 0 Å². The molecule has 0 aromatic heterocycles. The Morgan fingerprint density at radius 1 is 1.44 bits per heavy atom. The second-order valence-electron chi connectivity index (χ2n) is 4.44. The Balaban J connectivity index is 2.84. The first-order valence-electron chi connectivity index (χ1n) is 6.25. The van der Waals surface area contributed by atoms with E-state index in [-0.39, 0.29) is 5.84 Å². The van der Waals surface area contributed by atoms with Gasteiger partial charge in [0, 0.05) is 25.3 Å². The highest BCUT2D eigenvalue weighted by molar-refractivity contribution is 5.96. The van der Waals surface area contributed by atoms with E-state index in [1.807, 2.05) is 24.3 Å². The number of likely N-dealkylation sites (N-methyl/N-ethyl adjacent to an activating group) is 1. The first-order chi connectivity index (χ1) is 8.60. The van der Waals surface area contributed by atoms with Crippen LogP contribution in [0, 0.1) is 5.41 Å². The average Bonchev–Trinajstić information content (AvgIpc) is 2.36. The van der Waals surface area contributed by atoms with Gasteiger partial charge in [0.1, 0.15) is 5.84 Å². The molecule has 1 aromatic carbocycles. The van der Waals surface area contributed by atoms with Crippen LogP contribution in [0.25, 0.3) is 0 Å². The molecule has 0 saturated heterocycles. The number of methoxy groups -OCH3 is 1. The molecule has 0 heterocycles. The largest absolute Gasteiger partial charge is 0.384 e. The average molecular weight is 249 g/mol. The summed E-state index contributed by atoms with van der Waals surface area (Å²) in [7, 11) is 1.72. The summed E-state index contributed by atoms with van der Waals surface area (Å²) in [6.07, 6.45) is 0. The van der Waals surface area contributed by atoms with Crippen LogP contribution >= 0.6 is 0 Å². The maximum Gasteiger partial charge on any atom is 0.123 e. The van der Waals surface area contributed by atoms with Crippen LogP contribution in [0.15, 0.2) is 24.3 Å². The minimum absolute atomic E-state index is 0.126. The van der Waals surface area contributed by atoms with E-state index >= 15 is 0 Å². The molecule has 0 amide bonds. The van der Waals surface area contributed by atoms with Crippen LogP contribution in [0.5, 0.6) is 0 Å². The maximum absolute atomic E-state index is 7.60. The minimum atomic E-state index is 0.126. The summed E-state index contributed by atoms with van der Waals surface area (Å²) in [5, 5.41) is 7.60. The van der Waals surface area contributed by atoms with E-state index in [1.54, 1.807) is 7.11 Å². The number of amidine groups is 1. The Bertz CT molecular complexity index is 392. The number of nitrogens with zero attached hydrogens (tertiary/aromatic N) is 1. The Labute approximate surface area is 109 Å². The van der Waals surface area contributed by atoms with Crippen LogP contribution in [0.1, 0.15) is 25.0 Å². The van der Waals surface area contributed by atoms with Crippen LogP contribution < -0.4 is 5.73 Å². The molecule has 18 heavy (non-hydrogen) atoms. The number of nitrogens with two attached hydrogens (primary N) is 1. The van der Waals surface area contributed by atoms with Crippen LogP contribution in [-0.4, -0.2) is 37.0 Å². The van der Waals surface area contributed by atoms with Gasteiger partial charge in [-0.1, -0.05) is 31.2 Å². The van der Waals surface area contributed by atoms with E-state index in [0.29, 0.717) is 12.6 Å². The molecule has 0 bridgehead atoms. The molecule has 4 nitrogen and oxygen atoms in total. The molecular formula is C14H23N3O. The topological polar surface area (TPSA) is 62.3 Å². The maximum atomic E-state index is 7.60. The lowest BCUT2D eigenvalue weighted by atomic mass is 10.1. The monoisotopic (exact) mass is 249 g/mol. The lowest BCUT2D eigenvalue weighted by Gasteiger charge is -2.28. The van der Waals surface area contributed by atoms with Crippen molar-refractivity contribution in [2.24, 2.45) is 5.73 Å². The summed E-state index contributed by atoms with van der Waals surface area (Å²) in [5.41, 5.74) is 7.52. The van der Waals surface area contributed by atoms with Gasteiger partial charge in [-0.25, -0.2) is 0 Å². The van der Waals surface area contributed by atoms with Gasteiger partial charge in [0.25, 0.3) is 0 Å². The van der Waals surface area contributed by atoms with Gasteiger partial charge in [0.15, 0.2) is 0 Å². The molecular weight excluding hydrogens is 226 g/mol.